The van der Waals surface area contributed by atoms with E-state index >= 15 is 0 Å². The first-order chi connectivity index (χ1) is 7.67. The molecule has 0 atom stereocenters. The fourth-order valence-electron chi connectivity index (χ4n) is 2.36. The molecule has 0 heterocycles. The number of Topliss-reactive ketones (excluding diaryl/α,β-unsaturated/α-hetero) is 1. The van der Waals surface area contributed by atoms with Crippen LogP contribution in [0, 0.1) is 12.3 Å². The summed E-state index contributed by atoms with van der Waals surface area (Å²) in [4.78, 5) is 12.1. The van der Waals surface area contributed by atoms with Crippen LogP contribution in [-0.4, -0.2) is 5.78 Å². The summed E-state index contributed by atoms with van der Waals surface area (Å²) in [5, 5.41) is 0. The summed E-state index contributed by atoms with van der Waals surface area (Å²) in [6.45, 7) is 4.26. The Morgan fingerprint density at radius 2 is 2.00 bits per heavy atom. The molecule has 0 radical (unpaired) electrons. The van der Waals surface area contributed by atoms with E-state index in [-0.39, 0.29) is 0 Å². The van der Waals surface area contributed by atoms with E-state index in [0.717, 1.165) is 24.0 Å². The van der Waals surface area contributed by atoms with E-state index in [4.69, 9.17) is 0 Å². The summed E-state index contributed by atoms with van der Waals surface area (Å²) >= 11 is 0. The quantitative estimate of drug-likeness (QED) is 0.676. The molecule has 0 bridgehead atoms. The molecule has 0 aromatic heterocycles. The van der Waals surface area contributed by atoms with E-state index in [9.17, 15) is 4.79 Å². The molecule has 0 unspecified atom stereocenters. The van der Waals surface area contributed by atoms with Crippen LogP contribution in [0.1, 0.15) is 54.9 Å². The van der Waals surface area contributed by atoms with E-state index in [1.807, 2.05) is 31.2 Å². The molecule has 16 heavy (non-hydrogen) atoms. The molecule has 1 heteroatoms. The van der Waals surface area contributed by atoms with Crippen molar-refractivity contribution in [3.8, 4) is 0 Å². The number of aryl methyl sites for hydroxylation is 1. The molecular formula is C15H20O. The fraction of sp³-hybridized carbons (Fsp3) is 0.533. The molecule has 1 saturated carbocycles. The molecule has 1 aliphatic rings. The third-order valence-corrected chi connectivity index (χ3v) is 4.03. The SMILES string of the molecule is CCC1(CCC(=O)c2ccccc2C)CC1. The second kappa shape index (κ2) is 4.40. The average molecular weight is 216 g/mol. The summed E-state index contributed by atoms with van der Waals surface area (Å²) in [7, 11) is 0. The molecule has 1 aromatic carbocycles. The minimum absolute atomic E-state index is 0.317. The summed E-state index contributed by atoms with van der Waals surface area (Å²) in [5.74, 6) is 0.317. The molecule has 1 aliphatic carbocycles. The van der Waals surface area contributed by atoms with Crippen molar-refractivity contribution in [2.75, 3.05) is 0 Å². The Hall–Kier alpha value is -1.11. The minimum atomic E-state index is 0.317. The van der Waals surface area contributed by atoms with Crippen LogP contribution in [0.15, 0.2) is 24.3 Å². The van der Waals surface area contributed by atoms with Gasteiger partial charge >= 0.3 is 0 Å². The first-order valence-electron chi connectivity index (χ1n) is 6.26. The maximum atomic E-state index is 12.1. The van der Waals surface area contributed by atoms with Crippen molar-refractivity contribution in [2.45, 2.75) is 46.0 Å². The van der Waals surface area contributed by atoms with Crippen molar-refractivity contribution >= 4 is 5.78 Å². The van der Waals surface area contributed by atoms with E-state index in [1.165, 1.54) is 19.3 Å². The molecule has 1 nitrogen and oxygen atoms in total. The molecule has 86 valence electrons. The average Bonchev–Trinajstić information content (AvgIpc) is 3.07. The molecule has 0 spiro atoms. The Labute approximate surface area is 97.9 Å². The molecule has 0 amide bonds. The van der Waals surface area contributed by atoms with Crippen LogP contribution in [0.25, 0.3) is 0 Å². The highest BCUT2D eigenvalue weighted by atomic mass is 16.1. The van der Waals surface area contributed by atoms with Crippen LogP contribution in [-0.2, 0) is 0 Å². The van der Waals surface area contributed by atoms with E-state index in [0.29, 0.717) is 11.2 Å². The molecule has 0 N–H and O–H groups in total. The lowest BCUT2D eigenvalue weighted by atomic mass is 9.93. The summed E-state index contributed by atoms with van der Waals surface area (Å²) in [5.41, 5.74) is 2.54. The smallest absolute Gasteiger partial charge is 0.163 e. The zero-order chi connectivity index (χ0) is 11.6. The predicted molar refractivity (Wildman–Crippen MR) is 66.7 cm³/mol. The van der Waals surface area contributed by atoms with E-state index in [2.05, 4.69) is 6.92 Å². The number of hydrogen-bond acceptors (Lipinski definition) is 1. The summed E-state index contributed by atoms with van der Waals surface area (Å²) in [6.07, 6.45) is 5.68. The monoisotopic (exact) mass is 216 g/mol. The summed E-state index contributed by atoms with van der Waals surface area (Å²) < 4.78 is 0. The number of carbonyl (C=O) groups is 1. The lowest BCUT2D eigenvalue weighted by Gasteiger charge is -2.11. The maximum Gasteiger partial charge on any atom is 0.163 e. The maximum absolute atomic E-state index is 12.1. The highest BCUT2D eigenvalue weighted by Gasteiger charge is 2.40. The number of carbonyl (C=O) groups excluding carboxylic acids is 1. The van der Waals surface area contributed by atoms with Crippen LogP contribution in [0.2, 0.25) is 0 Å². The third kappa shape index (κ3) is 2.34. The highest BCUT2D eigenvalue weighted by Crippen LogP contribution is 2.52. The van der Waals surface area contributed by atoms with Gasteiger partial charge in [-0.05, 0) is 37.2 Å². The number of hydrogen-bond donors (Lipinski definition) is 0. The number of ketones is 1. The topological polar surface area (TPSA) is 17.1 Å². The molecule has 0 saturated heterocycles. The Bertz CT molecular complexity index is 388. The fourth-order valence-corrected chi connectivity index (χ4v) is 2.36. The van der Waals surface area contributed by atoms with Gasteiger partial charge < -0.3 is 0 Å². The largest absolute Gasteiger partial charge is 0.294 e. The van der Waals surface area contributed by atoms with Gasteiger partial charge in [0.2, 0.25) is 0 Å². The zero-order valence-corrected chi connectivity index (χ0v) is 10.3. The molecular weight excluding hydrogens is 196 g/mol. The van der Waals surface area contributed by atoms with Crippen LogP contribution < -0.4 is 0 Å². The lowest BCUT2D eigenvalue weighted by Crippen LogP contribution is -2.06. The van der Waals surface area contributed by atoms with Gasteiger partial charge in [0.1, 0.15) is 0 Å². The van der Waals surface area contributed by atoms with Gasteiger partial charge in [0.25, 0.3) is 0 Å². The zero-order valence-electron chi connectivity index (χ0n) is 10.3. The van der Waals surface area contributed by atoms with Gasteiger partial charge in [-0.3, -0.25) is 4.79 Å². The summed E-state index contributed by atoms with van der Waals surface area (Å²) in [6, 6.07) is 7.90. The van der Waals surface area contributed by atoms with Crippen molar-refractivity contribution in [1.29, 1.82) is 0 Å². The van der Waals surface area contributed by atoms with Crippen molar-refractivity contribution < 1.29 is 4.79 Å². The van der Waals surface area contributed by atoms with Gasteiger partial charge in [-0.1, -0.05) is 37.6 Å². The Morgan fingerprint density at radius 3 is 2.56 bits per heavy atom. The van der Waals surface area contributed by atoms with Gasteiger partial charge in [-0.2, -0.15) is 0 Å². The molecule has 1 fully saturated rings. The molecule has 1 aromatic rings. The Morgan fingerprint density at radius 1 is 1.31 bits per heavy atom. The van der Waals surface area contributed by atoms with Gasteiger partial charge in [-0.15, -0.1) is 0 Å². The van der Waals surface area contributed by atoms with Crippen molar-refractivity contribution in [3.05, 3.63) is 35.4 Å². The Kier molecular flexibility index (Phi) is 3.13. The highest BCUT2D eigenvalue weighted by molar-refractivity contribution is 5.97. The first-order valence-corrected chi connectivity index (χ1v) is 6.26. The van der Waals surface area contributed by atoms with Crippen molar-refractivity contribution in [3.63, 3.8) is 0 Å². The van der Waals surface area contributed by atoms with Gasteiger partial charge in [0, 0.05) is 12.0 Å². The van der Waals surface area contributed by atoms with Gasteiger partial charge in [0.15, 0.2) is 5.78 Å². The molecule has 2 rings (SSSR count). The van der Waals surface area contributed by atoms with Crippen LogP contribution in [0.4, 0.5) is 0 Å². The Balaban J connectivity index is 1.96. The van der Waals surface area contributed by atoms with Crippen LogP contribution in [0.5, 0.6) is 0 Å². The predicted octanol–water partition coefficient (Wildman–Crippen LogP) is 4.15. The third-order valence-electron chi connectivity index (χ3n) is 4.03. The van der Waals surface area contributed by atoms with Crippen LogP contribution in [0.3, 0.4) is 0 Å². The second-order valence-electron chi connectivity index (χ2n) is 5.09. The normalized spacial score (nSPS) is 17.1. The van der Waals surface area contributed by atoms with Gasteiger partial charge in [-0.25, -0.2) is 0 Å². The lowest BCUT2D eigenvalue weighted by molar-refractivity contribution is 0.0970. The first kappa shape index (κ1) is 11.4. The standard InChI is InChI=1S/C15H20O/c1-3-15(10-11-15)9-8-14(16)13-7-5-4-6-12(13)2/h4-7H,3,8-11H2,1-2H3. The molecule has 0 aliphatic heterocycles. The van der Waals surface area contributed by atoms with Crippen LogP contribution >= 0.6 is 0 Å². The van der Waals surface area contributed by atoms with Crippen molar-refractivity contribution in [2.24, 2.45) is 5.41 Å². The number of rotatable bonds is 5. The second-order valence-corrected chi connectivity index (χ2v) is 5.09. The van der Waals surface area contributed by atoms with Gasteiger partial charge in [0.05, 0.1) is 0 Å². The van der Waals surface area contributed by atoms with E-state index < -0.39 is 0 Å². The van der Waals surface area contributed by atoms with Crippen molar-refractivity contribution in [1.82, 2.24) is 0 Å². The van der Waals surface area contributed by atoms with E-state index in [1.54, 1.807) is 0 Å². The minimum Gasteiger partial charge on any atom is -0.294 e. The number of benzene rings is 1.